The Hall–Kier alpha value is -1.03. The Morgan fingerprint density at radius 3 is 3.00 bits per heavy atom. The second-order valence-electron chi connectivity index (χ2n) is 4.32. The van der Waals surface area contributed by atoms with Crippen molar-refractivity contribution < 1.29 is 14.3 Å². The first-order valence-electron chi connectivity index (χ1n) is 6.30. The highest BCUT2D eigenvalue weighted by atomic mass is 79.9. The summed E-state index contributed by atoms with van der Waals surface area (Å²) in [6.07, 6.45) is 3.00. The van der Waals surface area contributed by atoms with Gasteiger partial charge in [-0.3, -0.25) is 0 Å². The van der Waals surface area contributed by atoms with Crippen LogP contribution in [0.5, 0.6) is 5.75 Å². The molecule has 3 nitrogen and oxygen atoms in total. The van der Waals surface area contributed by atoms with Crippen LogP contribution in [0.25, 0.3) is 0 Å². The minimum absolute atomic E-state index is 0.0716. The maximum Gasteiger partial charge on any atom is 0.339 e. The number of carbonyl (C=O) groups excluding carboxylic acids is 1. The molecule has 1 aromatic rings. The molecule has 2 rings (SSSR count). The predicted octanol–water partition coefficient (Wildman–Crippen LogP) is 3.86. The third-order valence-corrected chi connectivity index (χ3v) is 3.33. The van der Waals surface area contributed by atoms with E-state index in [1.807, 2.05) is 12.1 Å². The number of alkyl halides is 1. The van der Waals surface area contributed by atoms with Gasteiger partial charge in [0.2, 0.25) is 0 Å². The molecule has 0 spiro atoms. The fourth-order valence-electron chi connectivity index (χ4n) is 2.10. The van der Waals surface area contributed by atoms with E-state index in [9.17, 15) is 4.79 Å². The average Bonchev–Trinajstić information content (AvgIpc) is 2.70. The second-order valence-corrected chi connectivity index (χ2v) is 5.12. The van der Waals surface area contributed by atoms with Gasteiger partial charge in [-0.05, 0) is 25.0 Å². The molecular weight excluding hydrogens is 296 g/mol. The number of cyclic esters (lactones) is 1. The largest absolute Gasteiger partial charge is 0.493 e. The molecule has 1 aliphatic rings. The van der Waals surface area contributed by atoms with E-state index in [4.69, 9.17) is 9.47 Å². The van der Waals surface area contributed by atoms with Crippen molar-refractivity contribution in [3.8, 4) is 5.75 Å². The summed E-state index contributed by atoms with van der Waals surface area (Å²) >= 11 is 3.30. The molecule has 0 radical (unpaired) electrons. The van der Waals surface area contributed by atoms with E-state index < -0.39 is 0 Å². The van der Waals surface area contributed by atoms with Crippen LogP contribution >= 0.6 is 15.9 Å². The number of rotatable bonds is 6. The van der Waals surface area contributed by atoms with Crippen LogP contribution in [0.2, 0.25) is 0 Å². The minimum atomic E-state index is -0.226. The summed E-state index contributed by atoms with van der Waals surface area (Å²) in [5, 5.41) is 0.771. The van der Waals surface area contributed by atoms with Crippen molar-refractivity contribution in [2.24, 2.45) is 0 Å². The van der Waals surface area contributed by atoms with Gasteiger partial charge >= 0.3 is 5.97 Å². The van der Waals surface area contributed by atoms with Crippen LogP contribution in [-0.4, -0.2) is 17.9 Å². The number of esters is 1. The lowest BCUT2D eigenvalue weighted by Crippen LogP contribution is -1.99. The molecule has 1 heterocycles. The lowest BCUT2D eigenvalue weighted by Gasteiger charge is -2.10. The zero-order valence-electron chi connectivity index (χ0n) is 10.4. The third-order valence-electron chi connectivity index (χ3n) is 3.01. The molecule has 0 N–H and O–H groups in total. The molecule has 0 saturated carbocycles. The third kappa shape index (κ3) is 2.86. The van der Waals surface area contributed by atoms with Crippen molar-refractivity contribution in [3.05, 3.63) is 29.3 Å². The van der Waals surface area contributed by atoms with Crippen molar-refractivity contribution in [2.75, 3.05) is 11.9 Å². The predicted molar refractivity (Wildman–Crippen MR) is 73.4 cm³/mol. The Balaban J connectivity index is 2.15. The zero-order chi connectivity index (χ0) is 13.0. The molecule has 1 atom stereocenters. The van der Waals surface area contributed by atoms with E-state index in [0.29, 0.717) is 12.2 Å². The normalized spacial score (nSPS) is 17.4. The number of unbranched alkanes of at least 4 members (excludes halogenated alkanes) is 1. The maximum absolute atomic E-state index is 11.8. The zero-order valence-corrected chi connectivity index (χ0v) is 12.0. The van der Waals surface area contributed by atoms with Gasteiger partial charge in [0.25, 0.3) is 0 Å². The SMILES string of the molecule is CCCCC1OC(=O)c2cc(OCCBr)ccc21. The van der Waals surface area contributed by atoms with Crippen molar-refractivity contribution in [3.63, 3.8) is 0 Å². The van der Waals surface area contributed by atoms with Crippen molar-refractivity contribution in [2.45, 2.75) is 32.3 Å². The molecule has 0 aliphatic carbocycles. The van der Waals surface area contributed by atoms with Gasteiger partial charge in [0.1, 0.15) is 11.9 Å². The smallest absolute Gasteiger partial charge is 0.339 e. The van der Waals surface area contributed by atoms with Gasteiger partial charge in [-0.15, -0.1) is 0 Å². The molecule has 1 unspecified atom stereocenters. The molecule has 1 aliphatic heterocycles. The molecule has 18 heavy (non-hydrogen) atoms. The molecular formula is C14H17BrO3. The fraction of sp³-hybridized carbons (Fsp3) is 0.500. The van der Waals surface area contributed by atoms with Gasteiger partial charge in [-0.2, -0.15) is 0 Å². The van der Waals surface area contributed by atoms with Gasteiger partial charge in [0.05, 0.1) is 12.2 Å². The van der Waals surface area contributed by atoms with Gasteiger partial charge in [-0.25, -0.2) is 4.79 Å². The van der Waals surface area contributed by atoms with Crippen molar-refractivity contribution in [1.82, 2.24) is 0 Å². The highest BCUT2D eigenvalue weighted by molar-refractivity contribution is 9.09. The van der Waals surface area contributed by atoms with Crippen LogP contribution < -0.4 is 4.74 Å². The Labute approximate surface area is 116 Å². The number of hydrogen-bond acceptors (Lipinski definition) is 3. The maximum atomic E-state index is 11.8. The Morgan fingerprint density at radius 1 is 1.44 bits per heavy atom. The Morgan fingerprint density at radius 2 is 2.28 bits per heavy atom. The average molecular weight is 313 g/mol. The summed E-state index contributed by atoms with van der Waals surface area (Å²) < 4.78 is 10.9. The van der Waals surface area contributed by atoms with Crippen LogP contribution in [0.15, 0.2) is 18.2 Å². The number of benzene rings is 1. The van der Waals surface area contributed by atoms with E-state index in [2.05, 4.69) is 22.9 Å². The molecule has 0 amide bonds. The van der Waals surface area contributed by atoms with E-state index in [-0.39, 0.29) is 12.1 Å². The van der Waals surface area contributed by atoms with E-state index in [1.165, 1.54) is 0 Å². The van der Waals surface area contributed by atoms with Crippen LogP contribution in [-0.2, 0) is 4.74 Å². The van der Waals surface area contributed by atoms with E-state index >= 15 is 0 Å². The lowest BCUT2D eigenvalue weighted by atomic mass is 10.0. The fourth-order valence-corrected chi connectivity index (χ4v) is 2.26. The van der Waals surface area contributed by atoms with Crippen LogP contribution in [0.4, 0.5) is 0 Å². The van der Waals surface area contributed by atoms with Crippen LogP contribution in [0.1, 0.15) is 48.2 Å². The molecule has 0 aromatic heterocycles. The van der Waals surface area contributed by atoms with Gasteiger partial charge in [0, 0.05) is 10.9 Å². The quantitative estimate of drug-likeness (QED) is 0.591. The topological polar surface area (TPSA) is 35.5 Å². The summed E-state index contributed by atoms with van der Waals surface area (Å²) in [6, 6.07) is 5.64. The first kappa shape index (κ1) is 13.4. The summed E-state index contributed by atoms with van der Waals surface area (Å²) in [5.74, 6) is 0.497. The monoisotopic (exact) mass is 312 g/mol. The highest BCUT2D eigenvalue weighted by Gasteiger charge is 2.30. The molecule has 1 aromatic carbocycles. The number of hydrogen-bond donors (Lipinski definition) is 0. The van der Waals surface area contributed by atoms with Gasteiger partial charge in [-0.1, -0.05) is 35.3 Å². The van der Waals surface area contributed by atoms with E-state index in [0.717, 1.165) is 35.9 Å². The molecule has 98 valence electrons. The number of fused-ring (bicyclic) bond motifs is 1. The standard InChI is InChI=1S/C14H17BrO3/c1-2-3-4-13-11-6-5-10(17-8-7-15)9-12(11)14(16)18-13/h5-6,9,13H,2-4,7-8H2,1H3. The van der Waals surface area contributed by atoms with Gasteiger partial charge in [0.15, 0.2) is 0 Å². The lowest BCUT2D eigenvalue weighted by molar-refractivity contribution is 0.0364. The summed E-state index contributed by atoms with van der Waals surface area (Å²) in [5.41, 5.74) is 1.66. The number of halogens is 1. The number of ether oxygens (including phenoxy) is 2. The first-order valence-corrected chi connectivity index (χ1v) is 7.42. The molecule has 0 saturated heterocycles. The van der Waals surface area contributed by atoms with Crippen LogP contribution in [0.3, 0.4) is 0 Å². The molecule has 4 heteroatoms. The number of carbonyl (C=O) groups is 1. The van der Waals surface area contributed by atoms with Crippen LogP contribution in [0, 0.1) is 0 Å². The summed E-state index contributed by atoms with van der Waals surface area (Å²) in [6.45, 7) is 2.72. The minimum Gasteiger partial charge on any atom is -0.493 e. The van der Waals surface area contributed by atoms with Crippen molar-refractivity contribution in [1.29, 1.82) is 0 Å². The first-order chi connectivity index (χ1) is 8.76. The van der Waals surface area contributed by atoms with Gasteiger partial charge < -0.3 is 9.47 Å². The highest BCUT2D eigenvalue weighted by Crippen LogP contribution is 2.36. The molecule has 0 fully saturated rings. The molecule has 0 bridgehead atoms. The van der Waals surface area contributed by atoms with Crippen molar-refractivity contribution >= 4 is 21.9 Å². The Bertz CT molecular complexity index is 431. The summed E-state index contributed by atoms with van der Waals surface area (Å²) in [7, 11) is 0. The summed E-state index contributed by atoms with van der Waals surface area (Å²) in [4.78, 5) is 11.8. The Kier molecular flexibility index (Phi) is 4.64. The van der Waals surface area contributed by atoms with E-state index in [1.54, 1.807) is 6.07 Å². The second kappa shape index (κ2) is 6.23.